The molecule has 0 saturated heterocycles. The summed E-state index contributed by atoms with van der Waals surface area (Å²) >= 11 is 4.31. The highest BCUT2D eigenvalue weighted by Crippen LogP contribution is 2.46. The molecule has 3 amide bonds. The van der Waals surface area contributed by atoms with Gasteiger partial charge in [-0.2, -0.15) is 0 Å². The van der Waals surface area contributed by atoms with Crippen molar-refractivity contribution >= 4 is 85.8 Å². The highest BCUT2D eigenvalue weighted by molar-refractivity contribution is 14.1. The summed E-state index contributed by atoms with van der Waals surface area (Å²) in [6.45, 7) is 1.27. The number of rotatable bonds is 8. The van der Waals surface area contributed by atoms with Crippen LogP contribution in [0.5, 0.6) is 0 Å². The molecule has 6 N–H and O–H groups in total. The van der Waals surface area contributed by atoms with E-state index in [0.717, 1.165) is 10.0 Å². The number of halogens is 3. The van der Waals surface area contributed by atoms with Crippen molar-refractivity contribution in [1.29, 1.82) is 0 Å². The lowest BCUT2D eigenvalue weighted by molar-refractivity contribution is -0.191. The zero-order chi connectivity index (χ0) is 22.7. The summed E-state index contributed by atoms with van der Waals surface area (Å²) in [6, 6.07) is 5.60. The number of carbonyl (C=O) groups excluding carboxylic acids is 3. The molecule has 29 heavy (non-hydrogen) atoms. The standard InChI is InChI=1S/C16H20I3N3O7/c1-8(24)21(9(2)25)16(14(17)28,15(18,29)7-23)22(19)13(27)11-6-4-3-5-10(11)12(20)26/h3-6,8,14,23-24,28-29H,7H2,1-2H3,(H2,20,26). The van der Waals surface area contributed by atoms with E-state index in [0.29, 0.717) is 4.90 Å². The molecule has 0 spiro atoms. The van der Waals surface area contributed by atoms with Crippen LogP contribution in [0.4, 0.5) is 0 Å². The maximum Gasteiger partial charge on any atom is 0.265 e. The Kier molecular flexibility index (Phi) is 9.49. The molecule has 4 unspecified atom stereocenters. The largest absolute Gasteiger partial charge is 0.392 e. The van der Waals surface area contributed by atoms with Gasteiger partial charge in [0.05, 0.1) is 40.6 Å². The maximum atomic E-state index is 13.3. The summed E-state index contributed by atoms with van der Waals surface area (Å²) in [6.07, 6.45) is -1.57. The normalized spacial score (nSPS) is 17.4. The third-order valence-corrected chi connectivity index (χ3v) is 7.26. The van der Waals surface area contributed by atoms with Gasteiger partial charge in [-0.3, -0.25) is 19.3 Å². The Bertz CT molecular complexity index is 791. The molecule has 1 aromatic rings. The van der Waals surface area contributed by atoms with Crippen LogP contribution in [0.2, 0.25) is 0 Å². The van der Waals surface area contributed by atoms with Crippen molar-refractivity contribution in [3.05, 3.63) is 35.4 Å². The van der Waals surface area contributed by atoms with Gasteiger partial charge in [0.25, 0.3) is 5.91 Å². The van der Waals surface area contributed by atoms with Crippen LogP contribution in [0.1, 0.15) is 34.6 Å². The molecule has 10 nitrogen and oxygen atoms in total. The lowest BCUT2D eigenvalue weighted by atomic mass is 9.98. The van der Waals surface area contributed by atoms with E-state index in [1.165, 1.54) is 99.2 Å². The molecule has 0 aromatic heterocycles. The van der Waals surface area contributed by atoms with Gasteiger partial charge in [0.1, 0.15) is 6.23 Å². The predicted molar refractivity (Wildman–Crippen MR) is 128 cm³/mol. The maximum absolute atomic E-state index is 13.3. The van der Waals surface area contributed by atoms with Gasteiger partial charge in [-0.25, -0.2) is 3.11 Å². The molecule has 4 atom stereocenters. The second kappa shape index (κ2) is 10.3. The second-order valence-corrected chi connectivity index (χ2v) is 9.93. The first kappa shape index (κ1) is 26.7. The van der Waals surface area contributed by atoms with E-state index in [1.807, 2.05) is 0 Å². The summed E-state index contributed by atoms with van der Waals surface area (Å²) < 4.78 is -3.23. The predicted octanol–water partition coefficient (Wildman–Crippen LogP) is 0.330. The number of hydrogen-bond acceptors (Lipinski definition) is 7. The first-order valence-electron chi connectivity index (χ1n) is 7.98. The van der Waals surface area contributed by atoms with Crippen molar-refractivity contribution in [2.24, 2.45) is 5.73 Å². The number of hydrogen-bond donors (Lipinski definition) is 5. The van der Waals surface area contributed by atoms with Crippen molar-refractivity contribution in [3.63, 3.8) is 0 Å². The number of alkyl halides is 2. The van der Waals surface area contributed by atoms with Gasteiger partial charge in [-0.05, 0) is 64.2 Å². The lowest BCUT2D eigenvalue weighted by Gasteiger charge is -2.55. The van der Waals surface area contributed by atoms with E-state index in [4.69, 9.17) is 5.73 Å². The number of aliphatic hydroxyl groups is 4. The third-order valence-electron chi connectivity index (χ3n) is 4.09. The summed E-state index contributed by atoms with van der Waals surface area (Å²) in [5.41, 5.74) is 2.71. The Hall–Kier alpha value is -0.340. The quantitative estimate of drug-likeness (QED) is 0.111. The average Bonchev–Trinajstić information content (AvgIpc) is 2.63. The van der Waals surface area contributed by atoms with E-state index in [-0.39, 0.29) is 11.1 Å². The van der Waals surface area contributed by atoms with Crippen LogP contribution in [0.3, 0.4) is 0 Å². The van der Waals surface area contributed by atoms with Gasteiger partial charge < -0.3 is 26.2 Å². The minimum Gasteiger partial charge on any atom is -0.392 e. The van der Waals surface area contributed by atoms with Gasteiger partial charge >= 0.3 is 0 Å². The monoisotopic (exact) mass is 747 g/mol. The molecule has 162 valence electrons. The molecule has 0 saturated carbocycles. The summed E-state index contributed by atoms with van der Waals surface area (Å²) in [4.78, 5) is 38.1. The Balaban J connectivity index is 3.85. The zero-order valence-electron chi connectivity index (χ0n) is 15.3. The zero-order valence-corrected chi connectivity index (χ0v) is 21.8. The van der Waals surface area contributed by atoms with Crippen LogP contribution in [0, 0.1) is 0 Å². The van der Waals surface area contributed by atoms with Crippen LogP contribution in [-0.2, 0) is 4.79 Å². The molecule has 0 fully saturated rings. The second-order valence-electron chi connectivity index (χ2n) is 6.00. The number of nitrogens with two attached hydrogens (primary N) is 1. The number of nitrogens with zero attached hydrogens (tertiary/aromatic N) is 2. The Morgan fingerprint density at radius 1 is 1.21 bits per heavy atom. The summed E-state index contributed by atoms with van der Waals surface area (Å²) in [7, 11) is 0. The van der Waals surface area contributed by atoms with E-state index < -0.39 is 43.9 Å². The topological polar surface area (TPSA) is 165 Å². The smallest absolute Gasteiger partial charge is 0.265 e. The molecule has 0 aliphatic carbocycles. The van der Waals surface area contributed by atoms with Gasteiger partial charge in [-0.1, -0.05) is 12.1 Å². The molecule has 0 bridgehead atoms. The minimum absolute atomic E-state index is 0.122. The average molecular weight is 747 g/mol. The Morgan fingerprint density at radius 2 is 1.69 bits per heavy atom. The van der Waals surface area contributed by atoms with E-state index in [1.54, 1.807) is 0 Å². The fourth-order valence-corrected chi connectivity index (χ4v) is 7.51. The highest BCUT2D eigenvalue weighted by Gasteiger charge is 2.64. The number of benzene rings is 1. The summed E-state index contributed by atoms with van der Waals surface area (Å²) in [5.74, 6) is -2.58. The van der Waals surface area contributed by atoms with E-state index >= 15 is 0 Å². The molecular formula is C16H20I3N3O7. The van der Waals surface area contributed by atoms with Crippen molar-refractivity contribution in [1.82, 2.24) is 8.01 Å². The Morgan fingerprint density at radius 3 is 2.03 bits per heavy atom. The molecule has 13 heteroatoms. The molecule has 1 rings (SSSR count). The first-order chi connectivity index (χ1) is 13.3. The molecule has 1 aromatic carbocycles. The fraction of sp³-hybridized carbons (Fsp3) is 0.438. The molecule has 0 radical (unpaired) electrons. The van der Waals surface area contributed by atoms with Crippen molar-refractivity contribution in [2.45, 2.75) is 33.5 Å². The fourth-order valence-electron chi connectivity index (χ4n) is 2.87. The van der Waals surface area contributed by atoms with Crippen LogP contribution in [-0.4, -0.2) is 72.4 Å². The molecule has 0 aliphatic rings. The van der Waals surface area contributed by atoms with Crippen molar-refractivity contribution < 1.29 is 34.8 Å². The SMILES string of the molecule is CC(=O)N(C(C)O)C(C(O)I)(N(I)C(=O)c1ccccc1C(N)=O)C(O)(I)CO. The highest BCUT2D eigenvalue weighted by atomic mass is 127. The van der Waals surface area contributed by atoms with E-state index in [9.17, 15) is 34.8 Å². The van der Waals surface area contributed by atoms with Crippen molar-refractivity contribution in [2.75, 3.05) is 6.61 Å². The van der Waals surface area contributed by atoms with Crippen LogP contribution in [0.15, 0.2) is 24.3 Å². The van der Waals surface area contributed by atoms with Crippen LogP contribution < -0.4 is 5.73 Å². The number of amides is 3. The van der Waals surface area contributed by atoms with Gasteiger partial charge in [-0.15, -0.1) is 0 Å². The minimum atomic E-state index is -2.34. The molecule has 0 heterocycles. The van der Waals surface area contributed by atoms with Crippen LogP contribution in [0.25, 0.3) is 0 Å². The lowest BCUT2D eigenvalue weighted by Crippen LogP contribution is -2.77. The third kappa shape index (κ3) is 4.95. The Labute approximate surface area is 208 Å². The number of carbonyl (C=O) groups is 3. The number of primary amides is 1. The van der Waals surface area contributed by atoms with Crippen LogP contribution >= 0.6 is 68.0 Å². The van der Waals surface area contributed by atoms with Gasteiger partial charge in [0, 0.05) is 6.92 Å². The molecule has 0 aliphatic heterocycles. The van der Waals surface area contributed by atoms with Crippen molar-refractivity contribution in [3.8, 4) is 0 Å². The summed E-state index contributed by atoms with van der Waals surface area (Å²) in [5, 5.41) is 41.7. The van der Waals surface area contributed by atoms with Gasteiger partial charge in [0.15, 0.2) is 7.72 Å². The number of aliphatic hydroxyl groups excluding tert-OH is 3. The first-order valence-corrected chi connectivity index (χ1v) is 11.3. The molecular weight excluding hydrogens is 727 g/mol. The van der Waals surface area contributed by atoms with Gasteiger partial charge in [0.2, 0.25) is 17.5 Å². The van der Waals surface area contributed by atoms with E-state index in [2.05, 4.69) is 0 Å².